The normalized spacial score (nSPS) is 15.5. The average molecular weight is 452 g/mol. The zero-order valence-corrected chi connectivity index (χ0v) is 18.8. The second-order valence-corrected chi connectivity index (χ2v) is 8.06. The van der Waals surface area contributed by atoms with Crippen LogP contribution < -0.4 is 20.1 Å². The second kappa shape index (κ2) is 11.3. The third-order valence-corrected chi connectivity index (χ3v) is 5.96. The number of nitrogens with one attached hydrogen (secondary N) is 2. The molecule has 0 radical (unpaired) electrons. The van der Waals surface area contributed by atoms with Crippen molar-refractivity contribution >= 4 is 23.6 Å². The minimum Gasteiger partial charge on any atom is -0.497 e. The van der Waals surface area contributed by atoms with Crippen LogP contribution in [0, 0.1) is 11.3 Å². The number of allylic oxidation sites excluding steroid dienone is 1. The predicted molar refractivity (Wildman–Crippen MR) is 123 cm³/mol. The van der Waals surface area contributed by atoms with E-state index in [-0.39, 0.29) is 29.9 Å². The highest BCUT2D eigenvalue weighted by Gasteiger charge is 2.29. The number of thioether (sulfide) groups is 1. The van der Waals surface area contributed by atoms with Crippen LogP contribution in [0.15, 0.2) is 59.1 Å². The Morgan fingerprint density at radius 3 is 2.50 bits per heavy atom. The van der Waals surface area contributed by atoms with Gasteiger partial charge in [0, 0.05) is 18.9 Å². The van der Waals surface area contributed by atoms with E-state index in [1.165, 1.54) is 0 Å². The highest BCUT2D eigenvalue weighted by molar-refractivity contribution is 8.03. The van der Waals surface area contributed by atoms with E-state index >= 15 is 0 Å². The fourth-order valence-corrected chi connectivity index (χ4v) is 4.22. The van der Waals surface area contributed by atoms with Gasteiger partial charge in [-0.2, -0.15) is 5.26 Å². The lowest BCUT2D eigenvalue weighted by Gasteiger charge is -2.25. The maximum Gasteiger partial charge on any atom is 0.230 e. The highest BCUT2D eigenvalue weighted by Crippen LogP contribution is 2.36. The molecule has 1 aliphatic heterocycles. The van der Waals surface area contributed by atoms with E-state index < -0.39 is 0 Å². The first-order chi connectivity index (χ1) is 15.5. The Bertz CT molecular complexity index is 1030. The standard InChI is InChI=1S/C24H25N3O4S/c1-3-31-19-10-6-17(7-11-19)20-12-22(28)27-24(21(20)13-25)32-15-23(29)26-14-16-4-8-18(30-2)9-5-16/h4-11,20H,3,12,14-15H2,1-2H3,(H,26,29)(H,27,28)/t20-/m1/s1. The SMILES string of the molecule is CCOc1ccc([C@H]2CC(=O)NC(SCC(=O)NCc3ccc(OC)cc3)=C2C#N)cc1. The lowest BCUT2D eigenvalue weighted by molar-refractivity contribution is -0.121. The first kappa shape index (κ1) is 23.2. The number of carbonyl (C=O) groups excluding carboxylic acids is 2. The van der Waals surface area contributed by atoms with Gasteiger partial charge < -0.3 is 20.1 Å². The third-order valence-electron chi connectivity index (χ3n) is 4.95. The molecule has 8 heteroatoms. The average Bonchev–Trinajstić information content (AvgIpc) is 2.82. The summed E-state index contributed by atoms with van der Waals surface area (Å²) in [5, 5.41) is 15.8. The number of benzene rings is 2. The fraction of sp³-hybridized carbons (Fsp3) is 0.292. The fourth-order valence-electron chi connectivity index (χ4n) is 3.31. The molecule has 0 bridgehead atoms. The Kier molecular flexibility index (Phi) is 8.17. The number of ether oxygens (including phenoxy) is 2. The van der Waals surface area contributed by atoms with Crippen LogP contribution >= 0.6 is 11.8 Å². The number of amides is 2. The summed E-state index contributed by atoms with van der Waals surface area (Å²) in [7, 11) is 1.60. The van der Waals surface area contributed by atoms with Crippen molar-refractivity contribution in [3.8, 4) is 17.6 Å². The molecule has 2 N–H and O–H groups in total. The molecule has 0 aliphatic carbocycles. The molecule has 0 saturated carbocycles. The Balaban J connectivity index is 1.64. The zero-order chi connectivity index (χ0) is 22.9. The molecule has 0 spiro atoms. The molecule has 3 rings (SSSR count). The van der Waals surface area contributed by atoms with Crippen LogP contribution in [0.3, 0.4) is 0 Å². The topological polar surface area (TPSA) is 100 Å². The third kappa shape index (κ3) is 6.05. The summed E-state index contributed by atoms with van der Waals surface area (Å²) < 4.78 is 10.6. The number of hydrogen-bond donors (Lipinski definition) is 2. The van der Waals surface area contributed by atoms with Crippen molar-refractivity contribution in [2.75, 3.05) is 19.5 Å². The summed E-state index contributed by atoms with van der Waals surface area (Å²) in [6.07, 6.45) is 0.185. The van der Waals surface area contributed by atoms with Crippen molar-refractivity contribution in [2.24, 2.45) is 0 Å². The maximum absolute atomic E-state index is 12.3. The van der Waals surface area contributed by atoms with E-state index in [2.05, 4.69) is 16.7 Å². The zero-order valence-electron chi connectivity index (χ0n) is 18.0. The van der Waals surface area contributed by atoms with Gasteiger partial charge in [-0.25, -0.2) is 0 Å². The van der Waals surface area contributed by atoms with E-state index in [0.29, 0.717) is 23.8 Å². The van der Waals surface area contributed by atoms with E-state index in [1.807, 2.05) is 55.5 Å². The number of methoxy groups -OCH3 is 1. The molecule has 7 nitrogen and oxygen atoms in total. The molecule has 32 heavy (non-hydrogen) atoms. The molecule has 0 unspecified atom stereocenters. The van der Waals surface area contributed by atoms with Gasteiger partial charge in [-0.1, -0.05) is 36.0 Å². The molecule has 1 aliphatic rings. The van der Waals surface area contributed by atoms with Gasteiger partial charge in [0.25, 0.3) is 0 Å². The second-order valence-electron chi connectivity index (χ2n) is 7.08. The molecule has 1 heterocycles. The van der Waals surface area contributed by atoms with Crippen LogP contribution in [0.1, 0.15) is 30.4 Å². The van der Waals surface area contributed by atoms with Gasteiger partial charge >= 0.3 is 0 Å². The summed E-state index contributed by atoms with van der Waals surface area (Å²) in [5.74, 6) is 0.864. The first-order valence-electron chi connectivity index (χ1n) is 10.2. The van der Waals surface area contributed by atoms with E-state index in [0.717, 1.165) is 34.4 Å². The Morgan fingerprint density at radius 2 is 1.88 bits per heavy atom. The molecule has 2 aromatic carbocycles. The molecule has 0 fully saturated rings. The maximum atomic E-state index is 12.3. The molecular weight excluding hydrogens is 426 g/mol. The molecule has 1 atom stereocenters. The van der Waals surface area contributed by atoms with Gasteiger partial charge in [0.05, 0.1) is 36.1 Å². The van der Waals surface area contributed by atoms with Crippen molar-refractivity contribution in [3.63, 3.8) is 0 Å². The van der Waals surface area contributed by atoms with Crippen LogP contribution in [0.5, 0.6) is 11.5 Å². The summed E-state index contributed by atoms with van der Waals surface area (Å²) in [5.41, 5.74) is 2.27. The van der Waals surface area contributed by atoms with E-state index in [4.69, 9.17) is 9.47 Å². The molecule has 0 saturated heterocycles. The molecule has 2 amide bonds. The summed E-state index contributed by atoms with van der Waals surface area (Å²) in [6, 6.07) is 17.1. The Hall–Kier alpha value is -3.44. The number of carbonyl (C=O) groups is 2. The van der Waals surface area contributed by atoms with Gasteiger partial charge in [-0.05, 0) is 42.3 Å². The van der Waals surface area contributed by atoms with Gasteiger partial charge in [-0.3, -0.25) is 9.59 Å². The monoisotopic (exact) mass is 451 g/mol. The molecular formula is C24H25N3O4S. The van der Waals surface area contributed by atoms with Crippen molar-refractivity contribution in [2.45, 2.75) is 25.8 Å². The summed E-state index contributed by atoms with van der Waals surface area (Å²) in [4.78, 5) is 24.6. The van der Waals surface area contributed by atoms with Crippen molar-refractivity contribution in [1.82, 2.24) is 10.6 Å². The van der Waals surface area contributed by atoms with Gasteiger partial charge in [0.1, 0.15) is 11.5 Å². The lowest BCUT2D eigenvalue weighted by atomic mass is 9.87. The molecule has 166 valence electrons. The predicted octanol–water partition coefficient (Wildman–Crippen LogP) is 3.48. The lowest BCUT2D eigenvalue weighted by Crippen LogP contribution is -2.32. The van der Waals surface area contributed by atoms with E-state index in [1.54, 1.807) is 7.11 Å². The number of nitrogens with zero attached hydrogens (tertiary/aromatic N) is 1. The summed E-state index contributed by atoms with van der Waals surface area (Å²) >= 11 is 1.16. The largest absolute Gasteiger partial charge is 0.497 e. The van der Waals surface area contributed by atoms with Crippen LogP contribution in [-0.2, 0) is 16.1 Å². The smallest absolute Gasteiger partial charge is 0.230 e. The van der Waals surface area contributed by atoms with E-state index in [9.17, 15) is 14.9 Å². The van der Waals surface area contributed by atoms with Gasteiger partial charge in [0.2, 0.25) is 11.8 Å². The van der Waals surface area contributed by atoms with Gasteiger partial charge in [0.15, 0.2) is 0 Å². The first-order valence-corrected chi connectivity index (χ1v) is 11.2. The Labute approximate surface area is 191 Å². The van der Waals surface area contributed by atoms with Crippen LogP contribution in [0.2, 0.25) is 0 Å². The van der Waals surface area contributed by atoms with Crippen LogP contribution in [0.4, 0.5) is 0 Å². The summed E-state index contributed by atoms with van der Waals surface area (Å²) in [6.45, 7) is 2.86. The number of rotatable bonds is 9. The van der Waals surface area contributed by atoms with Crippen molar-refractivity contribution in [1.29, 1.82) is 5.26 Å². The highest BCUT2D eigenvalue weighted by atomic mass is 32.2. The van der Waals surface area contributed by atoms with Gasteiger partial charge in [-0.15, -0.1) is 0 Å². The Morgan fingerprint density at radius 1 is 1.19 bits per heavy atom. The van der Waals surface area contributed by atoms with Crippen LogP contribution in [0.25, 0.3) is 0 Å². The number of hydrogen-bond acceptors (Lipinski definition) is 6. The quantitative estimate of drug-likeness (QED) is 0.605. The minimum atomic E-state index is -0.353. The minimum absolute atomic E-state index is 0.0902. The molecule has 2 aromatic rings. The van der Waals surface area contributed by atoms with Crippen LogP contribution in [-0.4, -0.2) is 31.3 Å². The molecule has 0 aromatic heterocycles. The van der Waals surface area contributed by atoms with Crippen molar-refractivity contribution < 1.29 is 19.1 Å². The number of nitriles is 1. The van der Waals surface area contributed by atoms with Crippen molar-refractivity contribution in [3.05, 3.63) is 70.3 Å².